The average Bonchev–Trinajstić information content (AvgIpc) is 2.26. The summed E-state index contributed by atoms with van der Waals surface area (Å²) >= 11 is 0. The molecule has 0 heterocycles. The zero-order chi connectivity index (χ0) is 9.41. The number of hydrogen-bond acceptors (Lipinski definition) is 2. The zero-order valence-corrected chi connectivity index (χ0v) is 7.89. The van der Waals surface area contributed by atoms with E-state index in [1.165, 1.54) is 0 Å². The normalized spacial score (nSPS) is 30.6. The predicted molar refractivity (Wildman–Crippen MR) is 45.8 cm³/mol. The standard InChI is InChI=1S/C10H14N2/c1-8-4-5-10(6-11,7-12)9(8,2)3/h8H,4-5H2,1-3H3. The molecule has 1 fully saturated rings. The molecular weight excluding hydrogens is 148 g/mol. The van der Waals surface area contributed by atoms with Crippen LogP contribution < -0.4 is 0 Å². The van der Waals surface area contributed by atoms with Gasteiger partial charge in [-0.1, -0.05) is 20.8 Å². The molecule has 0 aliphatic heterocycles. The first kappa shape index (κ1) is 9.07. The Bertz CT molecular complexity index is 251. The molecule has 0 aromatic rings. The highest BCUT2D eigenvalue weighted by atomic mass is 14.6. The maximum atomic E-state index is 9.00. The molecule has 1 saturated carbocycles. The fourth-order valence-electron chi connectivity index (χ4n) is 1.96. The summed E-state index contributed by atoms with van der Waals surface area (Å²) in [5.41, 5.74) is -0.900. The highest BCUT2D eigenvalue weighted by molar-refractivity contribution is 5.23. The molecule has 0 spiro atoms. The minimum Gasteiger partial charge on any atom is -0.197 e. The Balaban J connectivity index is 3.12. The number of rotatable bonds is 0. The van der Waals surface area contributed by atoms with E-state index >= 15 is 0 Å². The number of hydrogen-bond donors (Lipinski definition) is 0. The van der Waals surface area contributed by atoms with E-state index in [4.69, 9.17) is 10.5 Å². The fourth-order valence-corrected chi connectivity index (χ4v) is 1.96. The molecule has 0 aromatic carbocycles. The Morgan fingerprint density at radius 3 is 1.92 bits per heavy atom. The van der Waals surface area contributed by atoms with E-state index in [0.29, 0.717) is 5.92 Å². The van der Waals surface area contributed by atoms with Crippen molar-refractivity contribution in [3.63, 3.8) is 0 Å². The molecule has 1 rings (SSSR count). The lowest BCUT2D eigenvalue weighted by molar-refractivity contribution is 0.185. The molecule has 0 radical (unpaired) electrons. The van der Waals surface area contributed by atoms with Gasteiger partial charge in [0.1, 0.15) is 5.41 Å². The molecule has 1 unspecified atom stereocenters. The topological polar surface area (TPSA) is 47.6 Å². The van der Waals surface area contributed by atoms with Crippen LogP contribution >= 0.6 is 0 Å². The third-order valence-electron chi connectivity index (χ3n) is 3.67. The maximum Gasteiger partial charge on any atom is 0.149 e. The largest absolute Gasteiger partial charge is 0.197 e. The lowest BCUT2D eigenvalue weighted by Crippen LogP contribution is -2.33. The lowest BCUT2D eigenvalue weighted by Gasteiger charge is -2.32. The van der Waals surface area contributed by atoms with Crippen LogP contribution in [0.1, 0.15) is 33.6 Å². The van der Waals surface area contributed by atoms with Crippen molar-refractivity contribution in [3.8, 4) is 12.1 Å². The summed E-state index contributed by atoms with van der Waals surface area (Å²) in [5, 5.41) is 18.0. The summed E-state index contributed by atoms with van der Waals surface area (Å²) in [4.78, 5) is 0. The van der Waals surface area contributed by atoms with E-state index < -0.39 is 5.41 Å². The quantitative estimate of drug-likeness (QED) is 0.549. The summed E-state index contributed by atoms with van der Waals surface area (Å²) in [6.45, 7) is 6.17. The third-order valence-corrected chi connectivity index (χ3v) is 3.67. The molecule has 12 heavy (non-hydrogen) atoms. The van der Waals surface area contributed by atoms with Gasteiger partial charge in [0.05, 0.1) is 12.1 Å². The molecule has 1 aliphatic rings. The van der Waals surface area contributed by atoms with Crippen molar-refractivity contribution >= 4 is 0 Å². The fraction of sp³-hybridized carbons (Fsp3) is 0.800. The number of nitriles is 2. The van der Waals surface area contributed by atoms with Crippen molar-refractivity contribution in [2.24, 2.45) is 16.7 Å². The van der Waals surface area contributed by atoms with Crippen LogP contribution in [0.15, 0.2) is 0 Å². The molecule has 1 atom stereocenters. The van der Waals surface area contributed by atoms with E-state index in [9.17, 15) is 0 Å². The molecule has 1 aliphatic carbocycles. The summed E-state index contributed by atoms with van der Waals surface area (Å²) in [5.74, 6) is 0.469. The highest BCUT2D eigenvalue weighted by Crippen LogP contribution is 2.55. The van der Waals surface area contributed by atoms with Gasteiger partial charge in [0.25, 0.3) is 0 Å². The summed E-state index contributed by atoms with van der Waals surface area (Å²) in [6, 6.07) is 4.37. The monoisotopic (exact) mass is 162 g/mol. The molecule has 0 aromatic heterocycles. The third kappa shape index (κ3) is 0.847. The predicted octanol–water partition coefficient (Wildman–Crippen LogP) is 2.48. The Hall–Kier alpha value is -1.02. The van der Waals surface area contributed by atoms with Gasteiger partial charge in [0.2, 0.25) is 0 Å². The van der Waals surface area contributed by atoms with Crippen molar-refractivity contribution in [2.45, 2.75) is 33.6 Å². The first-order valence-corrected chi connectivity index (χ1v) is 4.33. The number of nitrogens with zero attached hydrogens (tertiary/aromatic N) is 2. The van der Waals surface area contributed by atoms with Crippen LogP contribution in [0.5, 0.6) is 0 Å². The molecule has 0 amide bonds. The van der Waals surface area contributed by atoms with E-state index in [1.54, 1.807) is 0 Å². The second-order valence-corrected chi connectivity index (χ2v) is 4.29. The molecule has 2 heteroatoms. The van der Waals surface area contributed by atoms with E-state index in [-0.39, 0.29) is 5.41 Å². The van der Waals surface area contributed by atoms with Gasteiger partial charge in [-0.2, -0.15) is 10.5 Å². The van der Waals surface area contributed by atoms with Gasteiger partial charge in [0, 0.05) is 0 Å². The van der Waals surface area contributed by atoms with Gasteiger partial charge in [0.15, 0.2) is 0 Å². The van der Waals surface area contributed by atoms with Crippen molar-refractivity contribution in [3.05, 3.63) is 0 Å². The minimum atomic E-state index is -0.744. The molecule has 64 valence electrons. The highest BCUT2D eigenvalue weighted by Gasteiger charge is 2.53. The maximum absolute atomic E-state index is 9.00. The summed E-state index contributed by atoms with van der Waals surface area (Å²) < 4.78 is 0. The van der Waals surface area contributed by atoms with E-state index in [0.717, 1.165) is 12.8 Å². The summed E-state index contributed by atoms with van der Waals surface area (Å²) in [7, 11) is 0. The van der Waals surface area contributed by atoms with Crippen LogP contribution in [0, 0.1) is 39.4 Å². The van der Waals surface area contributed by atoms with Crippen LogP contribution in [-0.2, 0) is 0 Å². The molecular formula is C10H14N2. The molecule has 2 nitrogen and oxygen atoms in total. The van der Waals surface area contributed by atoms with Gasteiger partial charge >= 0.3 is 0 Å². The second kappa shape index (κ2) is 2.49. The van der Waals surface area contributed by atoms with Crippen LogP contribution in [-0.4, -0.2) is 0 Å². The van der Waals surface area contributed by atoms with E-state index in [1.807, 2.05) is 13.8 Å². The van der Waals surface area contributed by atoms with Gasteiger partial charge in [-0.15, -0.1) is 0 Å². The first-order chi connectivity index (χ1) is 5.50. The van der Waals surface area contributed by atoms with E-state index in [2.05, 4.69) is 19.1 Å². The molecule has 0 bridgehead atoms. The van der Waals surface area contributed by atoms with Crippen molar-refractivity contribution in [1.29, 1.82) is 10.5 Å². The van der Waals surface area contributed by atoms with Gasteiger partial charge in [-0.3, -0.25) is 0 Å². The first-order valence-electron chi connectivity index (χ1n) is 4.33. The Morgan fingerprint density at radius 1 is 1.25 bits per heavy atom. The molecule has 0 N–H and O–H groups in total. The molecule has 0 saturated heterocycles. The van der Waals surface area contributed by atoms with Gasteiger partial charge < -0.3 is 0 Å². The van der Waals surface area contributed by atoms with Crippen molar-refractivity contribution in [1.82, 2.24) is 0 Å². The smallest absolute Gasteiger partial charge is 0.149 e. The Labute approximate surface area is 73.8 Å². The SMILES string of the molecule is CC1CCC(C#N)(C#N)C1(C)C. The Kier molecular flexibility index (Phi) is 1.88. The lowest BCUT2D eigenvalue weighted by atomic mass is 9.67. The van der Waals surface area contributed by atoms with Gasteiger partial charge in [-0.05, 0) is 24.2 Å². The van der Waals surface area contributed by atoms with Crippen molar-refractivity contribution in [2.75, 3.05) is 0 Å². The van der Waals surface area contributed by atoms with Crippen LogP contribution in [0.2, 0.25) is 0 Å². The van der Waals surface area contributed by atoms with Gasteiger partial charge in [-0.25, -0.2) is 0 Å². The van der Waals surface area contributed by atoms with Crippen LogP contribution in [0.3, 0.4) is 0 Å². The average molecular weight is 162 g/mol. The van der Waals surface area contributed by atoms with Crippen LogP contribution in [0.4, 0.5) is 0 Å². The zero-order valence-electron chi connectivity index (χ0n) is 7.89. The summed E-state index contributed by atoms with van der Waals surface area (Å²) in [6.07, 6.45) is 1.72. The minimum absolute atomic E-state index is 0.156. The Morgan fingerprint density at radius 2 is 1.75 bits per heavy atom. The second-order valence-electron chi connectivity index (χ2n) is 4.29. The van der Waals surface area contributed by atoms with Crippen molar-refractivity contribution < 1.29 is 0 Å². The van der Waals surface area contributed by atoms with Crippen LogP contribution in [0.25, 0.3) is 0 Å².